The summed E-state index contributed by atoms with van der Waals surface area (Å²) in [4.78, 5) is 0. The van der Waals surface area contributed by atoms with Crippen molar-refractivity contribution in [2.75, 3.05) is 0 Å². The molecular formula is C9H9NO. The van der Waals surface area contributed by atoms with E-state index in [4.69, 9.17) is 5.11 Å². The van der Waals surface area contributed by atoms with Gasteiger partial charge in [0, 0.05) is 6.54 Å². The third-order valence-electron chi connectivity index (χ3n) is 1.80. The average Bonchev–Trinajstić information content (AvgIpc) is 2.04. The Kier molecular flexibility index (Phi) is 1.32. The highest BCUT2D eigenvalue weighted by Crippen LogP contribution is 2.19. The van der Waals surface area contributed by atoms with E-state index in [1.165, 1.54) is 5.56 Å². The lowest BCUT2D eigenvalue weighted by molar-refractivity contribution is 0.474. The van der Waals surface area contributed by atoms with Crippen LogP contribution in [0.1, 0.15) is 11.1 Å². The Morgan fingerprint density at radius 3 is 3.18 bits per heavy atom. The van der Waals surface area contributed by atoms with Crippen molar-refractivity contribution >= 4 is 6.08 Å². The number of nitrogens with one attached hydrogen (secondary N) is 1. The second-order valence-corrected chi connectivity index (χ2v) is 2.60. The van der Waals surface area contributed by atoms with E-state index in [1.807, 2.05) is 18.3 Å². The summed E-state index contributed by atoms with van der Waals surface area (Å²) < 4.78 is 0. The first-order chi connectivity index (χ1) is 5.36. The van der Waals surface area contributed by atoms with Crippen molar-refractivity contribution in [3.63, 3.8) is 0 Å². The van der Waals surface area contributed by atoms with Gasteiger partial charge in [-0.05, 0) is 35.5 Å². The molecule has 1 aromatic carbocycles. The molecule has 11 heavy (non-hydrogen) atoms. The third-order valence-corrected chi connectivity index (χ3v) is 1.80. The number of fused-ring (bicyclic) bond motifs is 1. The number of phenolic OH excluding ortho intramolecular Hbond substituents is 1. The Labute approximate surface area is 65.2 Å². The van der Waals surface area contributed by atoms with Crippen LogP contribution in [0.25, 0.3) is 6.08 Å². The van der Waals surface area contributed by atoms with Crippen molar-refractivity contribution < 1.29 is 5.11 Å². The van der Waals surface area contributed by atoms with Gasteiger partial charge in [0.15, 0.2) is 0 Å². The molecule has 2 nitrogen and oxygen atoms in total. The van der Waals surface area contributed by atoms with Gasteiger partial charge in [0.05, 0.1) is 0 Å². The van der Waals surface area contributed by atoms with Crippen LogP contribution < -0.4 is 5.32 Å². The zero-order valence-electron chi connectivity index (χ0n) is 6.04. The van der Waals surface area contributed by atoms with E-state index in [2.05, 4.69) is 5.32 Å². The predicted molar refractivity (Wildman–Crippen MR) is 44.0 cm³/mol. The van der Waals surface area contributed by atoms with E-state index in [0.717, 1.165) is 12.1 Å². The van der Waals surface area contributed by atoms with Crippen LogP contribution >= 0.6 is 0 Å². The highest BCUT2D eigenvalue weighted by atomic mass is 16.3. The van der Waals surface area contributed by atoms with Gasteiger partial charge in [-0.3, -0.25) is 0 Å². The van der Waals surface area contributed by atoms with E-state index >= 15 is 0 Å². The van der Waals surface area contributed by atoms with Gasteiger partial charge in [0.2, 0.25) is 0 Å². The topological polar surface area (TPSA) is 32.3 Å². The molecule has 0 bridgehead atoms. The standard InChI is InChI=1S/C9H9NO/c11-9-2-1-7-3-4-10-6-8(7)5-9/h1-5,10-11H,6H2. The lowest BCUT2D eigenvalue weighted by Crippen LogP contribution is -2.09. The summed E-state index contributed by atoms with van der Waals surface area (Å²) in [6.45, 7) is 0.806. The van der Waals surface area contributed by atoms with Crippen LogP contribution in [0.5, 0.6) is 5.75 Å². The van der Waals surface area contributed by atoms with Crippen molar-refractivity contribution in [2.24, 2.45) is 0 Å². The van der Waals surface area contributed by atoms with Gasteiger partial charge < -0.3 is 10.4 Å². The van der Waals surface area contributed by atoms with Crippen LogP contribution in [0.3, 0.4) is 0 Å². The van der Waals surface area contributed by atoms with Crippen LogP contribution in [0.4, 0.5) is 0 Å². The fourth-order valence-corrected chi connectivity index (χ4v) is 1.23. The lowest BCUT2D eigenvalue weighted by atomic mass is 10.1. The molecule has 0 atom stereocenters. The molecule has 0 fully saturated rings. The van der Waals surface area contributed by atoms with Gasteiger partial charge in [-0.25, -0.2) is 0 Å². The van der Waals surface area contributed by atoms with Crippen LogP contribution in [-0.4, -0.2) is 5.11 Å². The Morgan fingerprint density at radius 1 is 1.36 bits per heavy atom. The molecule has 0 unspecified atom stereocenters. The predicted octanol–water partition coefficient (Wildman–Crippen LogP) is 1.47. The summed E-state index contributed by atoms with van der Waals surface area (Å²) in [5.74, 6) is 0.334. The first-order valence-electron chi connectivity index (χ1n) is 3.58. The highest BCUT2D eigenvalue weighted by Gasteiger charge is 2.02. The number of rotatable bonds is 0. The third kappa shape index (κ3) is 1.07. The van der Waals surface area contributed by atoms with Crippen molar-refractivity contribution in [2.45, 2.75) is 6.54 Å². The fourth-order valence-electron chi connectivity index (χ4n) is 1.23. The highest BCUT2D eigenvalue weighted by molar-refractivity contribution is 5.57. The summed E-state index contributed by atoms with van der Waals surface area (Å²) in [7, 11) is 0. The molecule has 0 saturated carbocycles. The van der Waals surface area contributed by atoms with Crippen molar-refractivity contribution in [3.05, 3.63) is 35.5 Å². The summed E-state index contributed by atoms with van der Waals surface area (Å²) in [6.07, 6.45) is 3.91. The average molecular weight is 147 g/mol. The Hall–Kier alpha value is -1.44. The quantitative estimate of drug-likeness (QED) is 0.582. The van der Waals surface area contributed by atoms with Crippen LogP contribution in [0.2, 0.25) is 0 Å². The minimum absolute atomic E-state index is 0.334. The molecule has 0 aliphatic carbocycles. The van der Waals surface area contributed by atoms with E-state index in [0.29, 0.717) is 5.75 Å². The molecule has 0 aromatic heterocycles. The normalized spacial score (nSPS) is 13.8. The number of hydrogen-bond acceptors (Lipinski definition) is 2. The SMILES string of the molecule is Oc1ccc2c(c1)CNC=C2. The largest absolute Gasteiger partial charge is 0.508 e. The van der Waals surface area contributed by atoms with Crippen molar-refractivity contribution in [1.82, 2.24) is 5.32 Å². The molecular weight excluding hydrogens is 138 g/mol. The summed E-state index contributed by atoms with van der Waals surface area (Å²) >= 11 is 0. The Bertz CT molecular complexity index is 304. The van der Waals surface area contributed by atoms with Gasteiger partial charge in [-0.2, -0.15) is 0 Å². The Morgan fingerprint density at radius 2 is 2.27 bits per heavy atom. The molecule has 0 radical (unpaired) electrons. The first-order valence-corrected chi connectivity index (χ1v) is 3.58. The number of phenols is 1. The second-order valence-electron chi connectivity index (χ2n) is 2.60. The monoisotopic (exact) mass is 147 g/mol. The zero-order valence-corrected chi connectivity index (χ0v) is 6.04. The van der Waals surface area contributed by atoms with Gasteiger partial charge in [0.25, 0.3) is 0 Å². The smallest absolute Gasteiger partial charge is 0.115 e. The van der Waals surface area contributed by atoms with E-state index in [1.54, 1.807) is 12.1 Å². The zero-order chi connectivity index (χ0) is 7.68. The Balaban J connectivity index is 2.53. The molecule has 1 aliphatic heterocycles. The van der Waals surface area contributed by atoms with Gasteiger partial charge in [0.1, 0.15) is 5.75 Å². The van der Waals surface area contributed by atoms with Crippen molar-refractivity contribution in [1.29, 1.82) is 0 Å². The maximum atomic E-state index is 9.14. The fraction of sp³-hybridized carbons (Fsp3) is 0.111. The molecule has 2 N–H and O–H groups in total. The number of hydrogen-bond donors (Lipinski definition) is 2. The van der Waals surface area contributed by atoms with Gasteiger partial charge >= 0.3 is 0 Å². The minimum Gasteiger partial charge on any atom is -0.508 e. The van der Waals surface area contributed by atoms with E-state index in [9.17, 15) is 0 Å². The molecule has 2 heteroatoms. The second kappa shape index (κ2) is 2.31. The number of benzene rings is 1. The summed E-state index contributed by atoms with van der Waals surface area (Å²) in [5, 5.41) is 12.2. The lowest BCUT2D eigenvalue weighted by Gasteiger charge is -2.11. The molecule has 0 spiro atoms. The maximum Gasteiger partial charge on any atom is 0.115 e. The molecule has 1 aromatic rings. The maximum absolute atomic E-state index is 9.14. The molecule has 0 saturated heterocycles. The van der Waals surface area contributed by atoms with Crippen LogP contribution in [-0.2, 0) is 6.54 Å². The summed E-state index contributed by atoms with van der Waals surface area (Å²) in [6, 6.07) is 5.41. The minimum atomic E-state index is 0.334. The van der Waals surface area contributed by atoms with E-state index in [-0.39, 0.29) is 0 Å². The van der Waals surface area contributed by atoms with Gasteiger partial charge in [-0.15, -0.1) is 0 Å². The van der Waals surface area contributed by atoms with Crippen LogP contribution in [0.15, 0.2) is 24.4 Å². The molecule has 56 valence electrons. The van der Waals surface area contributed by atoms with Crippen molar-refractivity contribution in [3.8, 4) is 5.75 Å². The van der Waals surface area contributed by atoms with Gasteiger partial charge in [-0.1, -0.05) is 6.07 Å². The first kappa shape index (κ1) is 6.28. The summed E-state index contributed by atoms with van der Waals surface area (Å²) in [5.41, 5.74) is 2.33. The van der Waals surface area contributed by atoms with Crippen LogP contribution in [0, 0.1) is 0 Å². The molecule has 1 aliphatic rings. The molecule has 1 heterocycles. The number of aromatic hydroxyl groups is 1. The molecule has 2 rings (SSSR count). The van der Waals surface area contributed by atoms with E-state index < -0.39 is 0 Å². The molecule has 0 amide bonds.